The molecule has 1 saturated heterocycles. The van der Waals surface area contributed by atoms with E-state index in [-0.39, 0.29) is 28.5 Å². The number of thiazole rings is 1. The van der Waals surface area contributed by atoms with Crippen molar-refractivity contribution in [3.8, 4) is 0 Å². The van der Waals surface area contributed by atoms with Crippen LogP contribution < -0.4 is 10.0 Å². The van der Waals surface area contributed by atoms with Crippen molar-refractivity contribution in [1.82, 2.24) is 9.88 Å². The van der Waals surface area contributed by atoms with Crippen molar-refractivity contribution >= 4 is 50.3 Å². The molecule has 1 aliphatic carbocycles. The molecule has 180 valence electrons. The first-order valence-corrected chi connectivity index (χ1v) is 13.6. The van der Waals surface area contributed by atoms with Crippen molar-refractivity contribution in [2.24, 2.45) is 0 Å². The van der Waals surface area contributed by atoms with Crippen LogP contribution in [0.25, 0.3) is 0 Å². The average Bonchev–Trinajstić information content (AvgIpc) is 3.39. The predicted octanol–water partition coefficient (Wildman–Crippen LogP) is 4.36. The number of nitrogens with one attached hydrogen (secondary N) is 2. The number of ether oxygens (including phenoxy) is 1. The molecule has 0 bridgehead atoms. The molecular weight excluding hydrogens is 491 g/mol. The molecule has 1 aromatic carbocycles. The van der Waals surface area contributed by atoms with Crippen LogP contribution in [0.15, 0.2) is 22.4 Å². The van der Waals surface area contributed by atoms with Crippen LogP contribution in [-0.4, -0.2) is 49.6 Å². The van der Waals surface area contributed by atoms with Crippen LogP contribution in [0.3, 0.4) is 0 Å². The summed E-state index contributed by atoms with van der Waals surface area (Å²) < 4.78 is 47.9. The summed E-state index contributed by atoms with van der Waals surface area (Å²) in [6, 6.07) is 2.31. The van der Waals surface area contributed by atoms with Gasteiger partial charge in [0.25, 0.3) is 16.5 Å². The Morgan fingerprint density at radius 2 is 2.06 bits per heavy atom. The lowest BCUT2D eigenvalue weighted by atomic mass is 9.89. The third-order valence-corrected chi connectivity index (χ3v) is 8.77. The van der Waals surface area contributed by atoms with Crippen LogP contribution in [-0.2, 0) is 19.6 Å². The number of halogens is 2. The van der Waals surface area contributed by atoms with Gasteiger partial charge in [-0.25, -0.2) is 17.8 Å². The van der Waals surface area contributed by atoms with Crippen LogP contribution in [0, 0.1) is 12.7 Å². The van der Waals surface area contributed by atoms with Gasteiger partial charge in [0.2, 0.25) is 0 Å². The summed E-state index contributed by atoms with van der Waals surface area (Å²) in [5.74, 6) is -0.904. The molecule has 12 heteroatoms. The third-order valence-electron chi connectivity index (χ3n) is 6.10. The molecule has 2 N–H and O–H groups in total. The maximum Gasteiger partial charge on any atom is 0.294 e. The summed E-state index contributed by atoms with van der Waals surface area (Å²) in [5.41, 5.74) is 0.999. The van der Waals surface area contributed by atoms with Crippen molar-refractivity contribution < 1.29 is 22.3 Å². The summed E-state index contributed by atoms with van der Waals surface area (Å²) in [6.07, 6.45) is 5.29. The third kappa shape index (κ3) is 5.42. The number of anilines is 2. The predicted molar refractivity (Wildman–Crippen MR) is 126 cm³/mol. The number of hydrogen-bond donors (Lipinski definition) is 2. The Hall–Kier alpha value is -1.95. The molecule has 0 amide bonds. The van der Waals surface area contributed by atoms with Crippen molar-refractivity contribution in [2.75, 3.05) is 16.6 Å². The lowest BCUT2D eigenvalue weighted by Crippen LogP contribution is -2.51. The largest absolute Gasteiger partial charge is 0.449 e. The van der Waals surface area contributed by atoms with E-state index in [0.29, 0.717) is 17.9 Å². The molecule has 1 unspecified atom stereocenters. The second kappa shape index (κ2) is 10.1. The summed E-state index contributed by atoms with van der Waals surface area (Å²) in [6.45, 7) is 3.05. The van der Waals surface area contributed by atoms with Gasteiger partial charge in [0.05, 0.1) is 16.4 Å². The quantitative estimate of drug-likeness (QED) is 0.502. The van der Waals surface area contributed by atoms with Crippen LogP contribution in [0.4, 0.5) is 15.2 Å². The van der Waals surface area contributed by atoms with Crippen LogP contribution in [0.2, 0.25) is 5.02 Å². The molecule has 33 heavy (non-hydrogen) atoms. The van der Waals surface area contributed by atoms with Crippen molar-refractivity contribution in [3.05, 3.63) is 34.0 Å². The molecule has 0 radical (unpaired) electrons. The van der Waals surface area contributed by atoms with Gasteiger partial charge < -0.3 is 10.1 Å². The van der Waals surface area contributed by atoms with E-state index in [4.69, 9.17) is 16.3 Å². The molecule has 4 rings (SSSR count). The first kappa shape index (κ1) is 24.2. The molecular formula is C21H26ClFN4O4S2. The lowest BCUT2D eigenvalue weighted by molar-refractivity contribution is -0.143. The van der Waals surface area contributed by atoms with Gasteiger partial charge in [-0.05, 0) is 44.7 Å². The van der Waals surface area contributed by atoms with E-state index in [0.717, 1.165) is 68.5 Å². The Morgan fingerprint density at radius 1 is 1.27 bits per heavy atom. The number of hydrogen-bond acceptors (Lipinski definition) is 8. The molecule has 3 atom stereocenters. The van der Waals surface area contributed by atoms with E-state index >= 15 is 0 Å². The number of carbonyl (C=O) groups excluding carboxylic acids is 1. The zero-order valence-electron chi connectivity index (χ0n) is 18.1. The number of carbonyl (C=O) groups is 1. The molecule has 0 spiro atoms. The molecule has 1 aromatic heterocycles. The first-order valence-electron chi connectivity index (χ1n) is 10.8. The highest BCUT2D eigenvalue weighted by molar-refractivity contribution is 7.93. The minimum absolute atomic E-state index is 0.0367. The Morgan fingerprint density at radius 3 is 2.79 bits per heavy atom. The zero-order valence-corrected chi connectivity index (χ0v) is 20.5. The van der Waals surface area contributed by atoms with E-state index in [2.05, 4.69) is 19.9 Å². The normalized spacial score (nSPS) is 23.9. The number of nitrogens with zero attached hydrogens (tertiary/aromatic N) is 2. The Kier molecular flexibility index (Phi) is 7.42. The van der Waals surface area contributed by atoms with Crippen molar-refractivity contribution in [1.29, 1.82) is 0 Å². The minimum Gasteiger partial charge on any atom is -0.449 e. The lowest BCUT2D eigenvalue weighted by Gasteiger charge is -2.40. The van der Waals surface area contributed by atoms with E-state index in [1.165, 1.54) is 0 Å². The monoisotopic (exact) mass is 516 g/mol. The van der Waals surface area contributed by atoms with E-state index < -0.39 is 20.7 Å². The maximum atomic E-state index is 14.9. The number of sulfonamides is 1. The highest BCUT2D eigenvalue weighted by atomic mass is 35.5. The van der Waals surface area contributed by atoms with E-state index in [1.54, 1.807) is 12.3 Å². The number of aromatic nitrogens is 1. The zero-order chi connectivity index (χ0) is 23.6. The number of benzene rings is 1. The van der Waals surface area contributed by atoms with Gasteiger partial charge in [0.15, 0.2) is 11.4 Å². The second-order valence-electron chi connectivity index (χ2n) is 8.33. The fraction of sp³-hybridized carbons (Fsp3) is 0.524. The molecule has 8 nitrogen and oxygen atoms in total. The molecule has 2 aromatic rings. The van der Waals surface area contributed by atoms with Gasteiger partial charge >= 0.3 is 0 Å². The number of rotatable bonds is 8. The molecule has 1 aliphatic heterocycles. The van der Waals surface area contributed by atoms with Crippen LogP contribution in [0.5, 0.6) is 0 Å². The second-order valence-corrected chi connectivity index (χ2v) is 11.2. The van der Waals surface area contributed by atoms with E-state index in [9.17, 15) is 17.6 Å². The smallest absolute Gasteiger partial charge is 0.294 e. The molecule has 1 saturated carbocycles. The summed E-state index contributed by atoms with van der Waals surface area (Å²) in [5, 5.41) is 5.29. The van der Waals surface area contributed by atoms with Gasteiger partial charge in [-0.15, -0.1) is 11.3 Å². The van der Waals surface area contributed by atoms with Crippen LogP contribution >= 0.6 is 22.9 Å². The van der Waals surface area contributed by atoms with Crippen molar-refractivity contribution in [3.63, 3.8) is 0 Å². The van der Waals surface area contributed by atoms with Crippen molar-refractivity contribution in [2.45, 2.75) is 68.7 Å². The molecule has 2 fully saturated rings. The topological polar surface area (TPSA) is 101 Å². The van der Waals surface area contributed by atoms with Gasteiger partial charge in [-0.3, -0.25) is 14.4 Å². The van der Waals surface area contributed by atoms with Crippen LogP contribution in [0.1, 0.15) is 44.2 Å². The number of aryl methyl sites for hydroxylation is 1. The summed E-state index contributed by atoms with van der Waals surface area (Å²) in [4.78, 5) is 16.6. The Bertz CT molecular complexity index is 1110. The summed E-state index contributed by atoms with van der Waals surface area (Å²) >= 11 is 7.52. The molecule has 2 aliphatic rings. The van der Waals surface area contributed by atoms with Gasteiger partial charge in [-0.2, -0.15) is 0 Å². The highest BCUT2D eigenvalue weighted by Crippen LogP contribution is 2.35. The Labute approximate surface area is 201 Å². The fourth-order valence-electron chi connectivity index (χ4n) is 4.64. The standard InChI is InChI=1S/C21H26ClFN4O4S2/c1-13-11-32-21(24-13)26-33(29,30)19-9-14(22)17(10-15(19)23)25-16-5-2-3-6-18(16)27-8-4-7-20(27)31-12-28/h9-12,16,18,20,25H,2-8H2,1H3,(H,24,26)/t16-,18-,20?/m0/s1. The van der Waals surface area contributed by atoms with Gasteiger partial charge in [0, 0.05) is 24.0 Å². The fourth-order valence-corrected chi connectivity index (χ4v) is 6.95. The summed E-state index contributed by atoms with van der Waals surface area (Å²) in [7, 11) is -4.19. The number of likely N-dealkylation sites (tertiary alicyclic amines) is 1. The first-order chi connectivity index (χ1) is 15.8. The van der Waals surface area contributed by atoms with Gasteiger partial charge in [0.1, 0.15) is 10.7 Å². The SMILES string of the molecule is Cc1csc(NS(=O)(=O)c2cc(Cl)c(N[C@H]3CCCC[C@@H]3N3CCCC3OC=O)cc2F)n1. The minimum atomic E-state index is -4.19. The Balaban J connectivity index is 1.54. The van der Waals surface area contributed by atoms with E-state index in [1.807, 2.05) is 0 Å². The average molecular weight is 517 g/mol. The van der Waals surface area contributed by atoms with Gasteiger partial charge in [-0.1, -0.05) is 24.4 Å². The maximum absolute atomic E-state index is 14.9. The highest BCUT2D eigenvalue weighted by Gasteiger charge is 2.38. The molecule has 2 heterocycles.